The molecule has 0 saturated heterocycles. The van der Waals surface area contributed by atoms with Gasteiger partial charge in [0.2, 0.25) is 0 Å². The first kappa shape index (κ1) is 23.9. The number of unbranched alkanes of at least 4 members (excludes halogenated alkanes) is 1. The Morgan fingerprint density at radius 2 is 1.97 bits per heavy atom. The number of hydrogen-bond donors (Lipinski definition) is 2. The molecule has 1 saturated carbocycles. The van der Waals surface area contributed by atoms with Gasteiger partial charge in [0.15, 0.2) is 0 Å². The minimum absolute atomic E-state index is 0.178. The van der Waals surface area contributed by atoms with Crippen LogP contribution in [0.3, 0.4) is 0 Å². The fraction of sp³-hybridized carbons (Fsp3) is 0.609. The van der Waals surface area contributed by atoms with Crippen LogP contribution in [-0.2, 0) is 33.7 Å². The molecule has 7 nitrogen and oxygen atoms in total. The summed E-state index contributed by atoms with van der Waals surface area (Å²) in [6, 6.07) is 10.3. The van der Waals surface area contributed by atoms with Gasteiger partial charge in [0.1, 0.15) is 12.0 Å². The first-order valence-corrected chi connectivity index (χ1v) is 12.3. The maximum absolute atomic E-state index is 11.6. The molecule has 3 rings (SSSR count). The van der Waals surface area contributed by atoms with E-state index >= 15 is 0 Å². The monoisotopic (exact) mass is 449 g/mol. The van der Waals surface area contributed by atoms with Crippen molar-refractivity contribution in [1.29, 1.82) is 0 Å². The summed E-state index contributed by atoms with van der Waals surface area (Å²) in [5.74, 6) is 1.18. The molecule has 1 aliphatic rings. The molecule has 1 N–H and O–H groups in total. The second-order valence-electron chi connectivity index (χ2n) is 8.65. The summed E-state index contributed by atoms with van der Waals surface area (Å²) in [6.45, 7) is 4.15. The molecule has 1 aromatic carbocycles. The van der Waals surface area contributed by atoms with Crippen molar-refractivity contribution in [3.63, 3.8) is 0 Å². The van der Waals surface area contributed by atoms with E-state index in [0.29, 0.717) is 11.6 Å². The van der Waals surface area contributed by atoms with E-state index in [1.54, 1.807) is 13.2 Å². The van der Waals surface area contributed by atoms with Gasteiger partial charge in [-0.05, 0) is 30.7 Å². The fourth-order valence-electron chi connectivity index (χ4n) is 5.25. The molecule has 0 spiro atoms. The van der Waals surface area contributed by atoms with Crippen molar-refractivity contribution in [2.24, 2.45) is 5.92 Å². The van der Waals surface area contributed by atoms with Gasteiger partial charge in [0.25, 0.3) is 11.0 Å². The predicted octanol–water partition coefficient (Wildman–Crippen LogP) is 3.75. The van der Waals surface area contributed by atoms with Crippen molar-refractivity contribution in [2.45, 2.75) is 77.0 Å². The number of aryl methyl sites for hydroxylation is 1. The lowest BCUT2D eigenvalue weighted by Gasteiger charge is -2.47. The van der Waals surface area contributed by atoms with E-state index in [2.05, 4.69) is 31.0 Å². The molecule has 1 fully saturated rings. The Morgan fingerprint density at radius 3 is 2.55 bits per heavy atom. The van der Waals surface area contributed by atoms with Crippen LogP contribution in [-0.4, -0.2) is 35.2 Å². The Balaban J connectivity index is 2.23. The van der Waals surface area contributed by atoms with Gasteiger partial charge in [-0.1, -0.05) is 63.4 Å². The molecule has 1 aromatic heterocycles. The van der Waals surface area contributed by atoms with Gasteiger partial charge in [-0.25, -0.2) is 13.4 Å². The van der Waals surface area contributed by atoms with E-state index in [1.807, 2.05) is 22.8 Å². The van der Waals surface area contributed by atoms with Gasteiger partial charge in [-0.3, -0.25) is 0 Å². The summed E-state index contributed by atoms with van der Waals surface area (Å²) in [5.41, 5.74) is 1.33. The molecule has 2 atom stereocenters. The van der Waals surface area contributed by atoms with Crippen LogP contribution >= 0.6 is 0 Å². The molecule has 0 aliphatic heterocycles. The molecule has 2 unspecified atom stereocenters. The quantitative estimate of drug-likeness (QED) is 0.401. The Bertz CT molecular complexity index is 901. The van der Waals surface area contributed by atoms with Crippen molar-refractivity contribution in [1.82, 2.24) is 14.6 Å². The van der Waals surface area contributed by atoms with E-state index in [1.165, 1.54) is 5.06 Å². The van der Waals surface area contributed by atoms with Gasteiger partial charge < -0.3 is 9.67 Å². The highest BCUT2D eigenvalue weighted by Gasteiger charge is 2.48. The SMILES string of the molecule is CCCCc1ncc(CO)n1C(N(C)O[SH](=O)=O)C(C)(c1ccccc1)C1CCCC1. The van der Waals surface area contributed by atoms with Crippen LogP contribution in [0.4, 0.5) is 0 Å². The summed E-state index contributed by atoms with van der Waals surface area (Å²) in [4.78, 5) is 4.61. The summed E-state index contributed by atoms with van der Waals surface area (Å²) in [5, 5.41) is 11.6. The fourth-order valence-corrected chi connectivity index (χ4v) is 5.55. The first-order valence-electron chi connectivity index (χ1n) is 11.2. The van der Waals surface area contributed by atoms with E-state index in [-0.39, 0.29) is 6.61 Å². The standard InChI is InChI=1S/C23H35N3O4S/c1-4-5-15-21-24-16-20(17-27)26(21)22(25(3)30-31(28)29)23(2,19-13-9-10-14-19)18-11-7-6-8-12-18/h6-8,11-12,16,19,22,27,31H,4-5,9-10,13-15,17H2,1-3H3. The molecule has 1 heterocycles. The molecular formula is C23H35N3O4S. The highest BCUT2D eigenvalue weighted by Crippen LogP contribution is 2.50. The van der Waals surface area contributed by atoms with Crippen molar-refractivity contribution in [3.8, 4) is 0 Å². The normalized spacial score (nSPS) is 18.0. The van der Waals surface area contributed by atoms with Gasteiger partial charge in [-0.15, -0.1) is 0 Å². The van der Waals surface area contributed by atoms with E-state index in [9.17, 15) is 13.5 Å². The minimum Gasteiger partial charge on any atom is -0.390 e. The molecule has 31 heavy (non-hydrogen) atoms. The molecule has 8 heteroatoms. The summed E-state index contributed by atoms with van der Waals surface area (Å²) in [7, 11) is -1.42. The Morgan fingerprint density at radius 1 is 1.29 bits per heavy atom. The number of benzene rings is 1. The highest BCUT2D eigenvalue weighted by atomic mass is 32.2. The van der Waals surface area contributed by atoms with Crippen LogP contribution in [0.25, 0.3) is 0 Å². The highest BCUT2D eigenvalue weighted by molar-refractivity contribution is 7.67. The second-order valence-corrected chi connectivity index (χ2v) is 9.26. The zero-order valence-electron chi connectivity index (χ0n) is 18.7. The number of aliphatic hydroxyl groups is 1. The first-order chi connectivity index (χ1) is 14.9. The van der Waals surface area contributed by atoms with Crippen LogP contribution in [0.15, 0.2) is 36.5 Å². The van der Waals surface area contributed by atoms with E-state index < -0.39 is 22.6 Å². The smallest absolute Gasteiger partial charge is 0.273 e. The number of aromatic nitrogens is 2. The predicted molar refractivity (Wildman–Crippen MR) is 121 cm³/mol. The van der Waals surface area contributed by atoms with E-state index in [0.717, 1.165) is 56.3 Å². The van der Waals surface area contributed by atoms with Crippen LogP contribution < -0.4 is 0 Å². The topological polar surface area (TPSA) is 84.7 Å². The summed E-state index contributed by atoms with van der Waals surface area (Å²) < 4.78 is 30.5. The lowest BCUT2D eigenvalue weighted by molar-refractivity contribution is -0.128. The number of nitrogens with zero attached hydrogens (tertiary/aromatic N) is 3. The van der Waals surface area contributed by atoms with E-state index in [4.69, 9.17) is 4.28 Å². The molecule has 0 radical (unpaired) electrons. The number of hydrogen-bond acceptors (Lipinski definition) is 6. The Hall–Kier alpha value is -1.74. The third-order valence-electron chi connectivity index (χ3n) is 6.79. The molecule has 0 amide bonds. The van der Waals surface area contributed by atoms with Gasteiger partial charge in [0.05, 0.1) is 18.5 Å². The maximum Gasteiger partial charge on any atom is 0.273 e. The van der Waals surface area contributed by atoms with Crippen molar-refractivity contribution in [3.05, 3.63) is 53.6 Å². The van der Waals surface area contributed by atoms with Gasteiger partial charge in [0, 0.05) is 18.9 Å². The van der Waals surface area contributed by atoms with Crippen LogP contribution in [0, 0.1) is 5.92 Å². The number of thiol groups is 1. The number of likely N-dealkylation sites (N-methyl/N-ethyl adjacent to an activating group) is 1. The number of imidazole rings is 1. The lowest BCUT2D eigenvalue weighted by atomic mass is 9.68. The average molecular weight is 450 g/mol. The minimum atomic E-state index is -3.08. The van der Waals surface area contributed by atoms with Crippen LogP contribution in [0.5, 0.6) is 0 Å². The van der Waals surface area contributed by atoms with Crippen molar-refractivity contribution in [2.75, 3.05) is 7.05 Å². The lowest BCUT2D eigenvalue weighted by Crippen LogP contribution is -2.49. The Labute approximate surface area is 187 Å². The molecule has 0 bridgehead atoms. The second kappa shape index (κ2) is 10.7. The molecular weight excluding hydrogens is 414 g/mol. The Kier molecular flexibility index (Phi) is 8.27. The molecule has 2 aromatic rings. The van der Waals surface area contributed by atoms with Crippen molar-refractivity contribution >= 4 is 11.0 Å². The largest absolute Gasteiger partial charge is 0.390 e. The van der Waals surface area contributed by atoms with Gasteiger partial charge in [-0.2, -0.15) is 9.35 Å². The average Bonchev–Trinajstić information content (AvgIpc) is 3.43. The molecule has 1 aliphatic carbocycles. The summed E-state index contributed by atoms with van der Waals surface area (Å²) >= 11 is 0. The third kappa shape index (κ3) is 5.03. The number of rotatable bonds is 11. The maximum atomic E-state index is 11.6. The zero-order valence-corrected chi connectivity index (χ0v) is 19.6. The van der Waals surface area contributed by atoms with Gasteiger partial charge >= 0.3 is 0 Å². The zero-order chi connectivity index (χ0) is 22.4. The third-order valence-corrected chi connectivity index (χ3v) is 7.18. The van der Waals surface area contributed by atoms with Crippen LogP contribution in [0.1, 0.15) is 75.6 Å². The number of hydroxylamine groups is 2. The summed E-state index contributed by atoms with van der Waals surface area (Å²) in [6.07, 6.45) is 8.37. The number of aliphatic hydroxyl groups excluding tert-OH is 1. The van der Waals surface area contributed by atoms with Crippen molar-refractivity contribution < 1.29 is 17.8 Å². The molecule has 172 valence electrons. The van der Waals surface area contributed by atoms with Crippen LogP contribution in [0.2, 0.25) is 0 Å².